The minimum absolute atomic E-state index is 0.0393. The molecule has 36 heavy (non-hydrogen) atoms. The average molecular weight is 527 g/mol. The number of hydrogen-bond donors (Lipinski definition) is 2. The zero-order chi connectivity index (χ0) is 27.5. The summed E-state index contributed by atoms with van der Waals surface area (Å²) in [6.45, 7) is 15.1. The highest BCUT2D eigenvalue weighted by Crippen LogP contribution is 2.23. The van der Waals surface area contributed by atoms with Crippen LogP contribution in [0.1, 0.15) is 82.5 Å². The van der Waals surface area contributed by atoms with Crippen molar-refractivity contribution < 1.29 is 14.6 Å². The van der Waals surface area contributed by atoms with E-state index in [0.717, 1.165) is 29.4 Å². The van der Waals surface area contributed by atoms with Crippen LogP contribution in [0.2, 0.25) is 0 Å². The molecule has 196 valence electrons. The van der Waals surface area contributed by atoms with Crippen molar-refractivity contribution in [1.29, 1.82) is 0 Å². The van der Waals surface area contributed by atoms with E-state index >= 15 is 0 Å². The molecular weight excluding hydrogens is 484 g/mol. The first-order chi connectivity index (χ1) is 17.0. The molecule has 3 aromatic rings. The first-order valence-corrected chi connectivity index (χ1v) is 13.2. The summed E-state index contributed by atoms with van der Waals surface area (Å²) in [4.78, 5) is 10.5. The molecule has 3 rings (SSSR count). The Morgan fingerprint density at radius 3 is 1.56 bits per heavy atom. The second-order valence-corrected chi connectivity index (χ2v) is 10.2. The van der Waals surface area contributed by atoms with Gasteiger partial charge in [0, 0.05) is 11.1 Å². The third kappa shape index (κ3) is 16.9. The van der Waals surface area contributed by atoms with Crippen LogP contribution >= 0.6 is 24.8 Å². The number of aromatic hydroxyl groups is 1. The van der Waals surface area contributed by atoms with Gasteiger partial charge >= 0.3 is 0 Å². The summed E-state index contributed by atoms with van der Waals surface area (Å²) < 4.78 is 5.86. The van der Waals surface area contributed by atoms with Crippen molar-refractivity contribution in [3.8, 4) is 5.75 Å². The quantitative estimate of drug-likeness (QED) is 0.257. The monoisotopic (exact) mass is 526 g/mol. The second kappa shape index (κ2) is 19.5. The molecule has 0 saturated heterocycles. The summed E-state index contributed by atoms with van der Waals surface area (Å²) in [5.41, 5.74) is 2.56. The molecule has 0 heterocycles. The third-order valence-corrected chi connectivity index (χ3v) is 4.51. The van der Waals surface area contributed by atoms with Crippen molar-refractivity contribution in [2.24, 2.45) is 11.8 Å². The molecule has 3 nitrogen and oxygen atoms in total. The number of carbonyl (C=O) groups excluding carboxylic acids is 1. The van der Waals surface area contributed by atoms with Gasteiger partial charge in [-0.3, -0.25) is 4.79 Å². The zero-order valence-corrected chi connectivity index (χ0v) is 24.4. The van der Waals surface area contributed by atoms with Gasteiger partial charge in [-0.15, -0.1) is 12.6 Å². The lowest BCUT2D eigenvalue weighted by Crippen LogP contribution is -2.10. The molecule has 0 saturated carbocycles. The standard InChI is InChI=1S/C16H16O2S.C7H6OS.2C4H10/c1-2-15(12-6-4-3-5-7-12)18-16(19)13-8-10-14(17)11-9-13;8-7(9)6-4-2-1-3-5-6;2*1-4(2)3/h3-11,15,17H,2H2,1H3;1-5H,(H,8,9);2*4H,1-3H3. The predicted molar refractivity (Wildman–Crippen MR) is 161 cm³/mol. The van der Waals surface area contributed by atoms with E-state index in [-0.39, 0.29) is 17.0 Å². The minimum atomic E-state index is -0.185. The summed E-state index contributed by atoms with van der Waals surface area (Å²) in [6.07, 6.45) is 0.810. The van der Waals surface area contributed by atoms with Crippen LogP contribution in [-0.2, 0) is 4.74 Å². The summed E-state index contributed by atoms with van der Waals surface area (Å²) in [7, 11) is 0. The molecule has 3 aromatic carbocycles. The Balaban J connectivity index is 0.000000594. The Morgan fingerprint density at radius 1 is 0.778 bits per heavy atom. The van der Waals surface area contributed by atoms with E-state index in [4.69, 9.17) is 17.0 Å². The molecule has 0 fully saturated rings. The lowest BCUT2D eigenvalue weighted by Gasteiger charge is -2.18. The first-order valence-electron chi connectivity index (χ1n) is 12.3. The first kappa shape index (κ1) is 33.4. The van der Waals surface area contributed by atoms with E-state index in [1.54, 1.807) is 36.4 Å². The lowest BCUT2D eigenvalue weighted by molar-refractivity contribution is 0.109. The molecule has 0 radical (unpaired) electrons. The highest BCUT2D eigenvalue weighted by atomic mass is 32.1. The van der Waals surface area contributed by atoms with E-state index in [0.29, 0.717) is 10.6 Å². The van der Waals surface area contributed by atoms with Crippen molar-refractivity contribution in [1.82, 2.24) is 0 Å². The predicted octanol–water partition coefficient (Wildman–Crippen LogP) is 9.32. The van der Waals surface area contributed by atoms with E-state index < -0.39 is 0 Å². The molecule has 0 amide bonds. The van der Waals surface area contributed by atoms with Crippen molar-refractivity contribution in [3.05, 3.63) is 102 Å². The van der Waals surface area contributed by atoms with Crippen molar-refractivity contribution in [2.45, 2.75) is 61.0 Å². The van der Waals surface area contributed by atoms with Gasteiger partial charge in [-0.1, -0.05) is 109 Å². The lowest BCUT2D eigenvalue weighted by atomic mass is 10.1. The third-order valence-electron chi connectivity index (χ3n) is 3.92. The second-order valence-electron chi connectivity index (χ2n) is 9.40. The van der Waals surface area contributed by atoms with Crippen LogP contribution in [0.25, 0.3) is 0 Å². The Kier molecular flexibility index (Phi) is 18.1. The summed E-state index contributed by atoms with van der Waals surface area (Å²) in [5.74, 6) is 1.89. The molecule has 5 heteroatoms. The molecule has 0 spiro atoms. The fraction of sp³-hybridized carbons (Fsp3) is 0.355. The van der Waals surface area contributed by atoms with Gasteiger partial charge in [0.1, 0.15) is 11.9 Å². The van der Waals surface area contributed by atoms with Gasteiger partial charge in [0.25, 0.3) is 0 Å². The normalized spacial score (nSPS) is 10.5. The van der Waals surface area contributed by atoms with Gasteiger partial charge in [-0.05, 0) is 60.3 Å². The number of hydrogen-bond acceptors (Lipinski definition) is 4. The summed E-state index contributed by atoms with van der Waals surface area (Å²) in [5, 5.41) is 9.53. The molecule has 0 aliphatic rings. The maximum atomic E-state index is 10.5. The van der Waals surface area contributed by atoms with Crippen LogP contribution in [-0.4, -0.2) is 15.3 Å². The Labute approximate surface area is 229 Å². The molecule has 1 N–H and O–H groups in total. The van der Waals surface area contributed by atoms with Crippen molar-refractivity contribution in [2.75, 3.05) is 0 Å². The van der Waals surface area contributed by atoms with Gasteiger partial charge < -0.3 is 9.84 Å². The van der Waals surface area contributed by atoms with E-state index in [1.807, 2.05) is 48.5 Å². The number of benzene rings is 3. The molecule has 0 aromatic heterocycles. The summed E-state index contributed by atoms with van der Waals surface area (Å²) >= 11 is 8.95. The average Bonchev–Trinajstić information content (AvgIpc) is 2.83. The summed E-state index contributed by atoms with van der Waals surface area (Å²) in [6, 6.07) is 25.7. The van der Waals surface area contributed by atoms with Crippen LogP contribution < -0.4 is 0 Å². The number of rotatable bonds is 5. The fourth-order valence-electron chi connectivity index (χ4n) is 2.43. The molecule has 1 unspecified atom stereocenters. The van der Waals surface area contributed by atoms with Crippen molar-refractivity contribution in [3.63, 3.8) is 0 Å². The minimum Gasteiger partial charge on any atom is -0.508 e. The van der Waals surface area contributed by atoms with Gasteiger partial charge in [-0.2, -0.15) is 0 Å². The van der Waals surface area contributed by atoms with Crippen LogP contribution in [0.15, 0.2) is 84.9 Å². The van der Waals surface area contributed by atoms with Crippen LogP contribution in [0, 0.1) is 11.8 Å². The van der Waals surface area contributed by atoms with Crippen LogP contribution in [0.4, 0.5) is 0 Å². The number of thiol groups is 1. The number of carbonyl (C=O) groups is 1. The van der Waals surface area contributed by atoms with Crippen LogP contribution in [0.5, 0.6) is 5.75 Å². The van der Waals surface area contributed by atoms with E-state index in [9.17, 15) is 9.90 Å². The fourth-order valence-corrected chi connectivity index (χ4v) is 2.83. The topological polar surface area (TPSA) is 46.5 Å². The Bertz CT molecular complexity index is 958. The number of phenols is 1. The van der Waals surface area contributed by atoms with E-state index in [1.165, 1.54) is 0 Å². The maximum absolute atomic E-state index is 10.5. The molecule has 0 aliphatic carbocycles. The zero-order valence-electron chi connectivity index (χ0n) is 22.6. The Hall–Kier alpha value is -2.63. The van der Waals surface area contributed by atoms with Gasteiger partial charge in [0.15, 0.2) is 5.05 Å². The largest absolute Gasteiger partial charge is 0.508 e. The van der Waals surface area contributed by atoms with Crippen molar-refractivity contribution >= 4 is 35.0 Å². The molecular formula is C31H42O3S2. The highest BCUT2D eigenvalue weighted by molar-refractivity contribution is 7.97. The van der Waals surface area contributed by atoms with Gasteiger partial charge in [0.2, 0.25) is 5.12 Å². The van der Waals surface area contributed by atoms with Gasteiger partial charge in [-0.25, -0.2) is 0 Å². The smallest absolute Gasteiger partial charge is 0.216 e. The maximum Gasteiger partial charge on any atom is 0.216 e. The highest BCUT2D eigenvalue weighted by Gasteiger charge is 2.13. The van der Waals surface area contributed by atoms with E-state index in [2.05, 4.69) is 61.1 Å². The van der Waals surface area contributed by atoms with Gasteiger partial charge in [0.05, 0.1) is 0 Å². The number of thiocarbonyl (C=S) groups is 1. The SMILES string of the molecule is CC(C)C.CC(C)C.CCC(OC(=S)c1ccc(O)cc1)c1ccccc1.O=C(S)c1ccccc1. The molecule has 1 atom stereocenters. The molecule has 0 bridgehead atoms. The Morgan fingerprint density at radius 2 is 1.19 bits per heavy atom. The number of ether oxygens (including phenoxy) is 1. The number of phenolic OH excluding ortho intramolecular Hbond substituents is 1. The molecule has 0 aliphatic heterocycles. The van der Waals surface area contributed by atoms with Crippen LogP contribution in [0.3, 0.4) is 0 Å².